The largest absolute Gasteiger partial charge is 0.281 e. The molecular weight excluding hydrogens is 142 g/mol. The van der Waals surface area contributed by atoms with Crippen molar-refractivity contribution in [1.82, 2.24) is 0 Å². The molecule has 0 radical (unpaired) electrons. The van der Waals surface area contributed by atoms with E-state index < -0.39 is 5.24 Å². The molecule has 0 saturated carbocycles. The predicted molar refractivity (Wildman–Crippen MR) is 33.0 cm³/mol. The van der Waals surface area contributed by atoms with Crippen LogP contribution in [0.2, 0.25) is 0 Å². The van der Waals surface area contributed by atoms with Gasteiger partial charge in [-0.1, -0.05) is 6.92 Å². The van der Waals surface area contributed by atoms with E-state index in [-0.39, 0.29) is 12.5 Å². The van der Waals surface area contributed by atoms with E-state index in [1.807, 2.05) is 0 Å². The van der Waals surface area contributed by atoms with Gasteiger partial charge < -0.3 is 0 Å². The summed E-state index contributed by atoms with van der Waals surface area (Å²) in [6, 6.07) is 0. The molecule has 50 valence electrons. The second-order valence-corrected chi connectivity index (χ2v) is 2.01. The number of carbonyl (C=O) groups excluding carboxylic acids is 2. The van der Waals surface area contributed by atoms with E-state index in [2.05, 4.69) is 4.99 Å². The monoisotopic (exact) mass is 147 g/mol. The van der Waals surface area contributed by atoms with E-state index in [0.717, 1.165) is 0 Å². The number of hydrogen-bond donors (Lipinski definition) is 0. The molecule has 0 aromatic carbocycles. The van der Waals surface area contributed by atoms with Gasteiger partial charge in [0.25, 0.3) is 0 Å². The minimum atomic E-state index is -0.478. The Morgan fingerprint density at radius 1 is 1.89 bits per heavy atom. The lowest BCUT2D eigenvalue weighted by atomic mass is 10.2. The smallest absolute Gasteiger partial charge is 0.234 e. The van der Waals surface area contributed by atoms with Gasteiger partial charge in [-0.25, -0.2) is 9.79 Å². The van der Waals surface area contributed by atoms with Crippen LogP contribution in [0.4, 0.5) is 0 Å². The van der Waals surface area contributed by atoms with Crippen molar-refractivity contribution in [1.29, 1.82) is 0 Å². The van der Waals surface area contributed by atoms with Crippen LogP contribution in [0.3, 0.4) is 0 Å². The Bertz CT molecular complexity index is 151. The van der Waals surface area contributed by atoms with Gasteiger partial charge in [0.1, 0.15) is 0 Å². The van der Waals surface area contributed by atoms with Crippen molar-refractivity contribution in [3.8, 4) is 0 Å². The summed E-state index contributed by atoms with van der Waals surface area (Å²) in [6.45, 7) is 1.72. The van der Waals surface area contributed by atoms with Gasteiger partial charge in [0.15, 0.2) is 0 Å². The third kappa shape index (κ3) is 3.88. The van der Waals surface area contributed by atoms with Crippen molar-refractivity contribution in [3.05, 3.63) is 0 Å². The van der Waals surface area contributed by atoms with Gasteiger partial charge in [-0.2, -0.15) is 0 Å². The number of carbonyl (C=O) groups is 1. The van der Waals surface area contributed by atoms with Crippen LogP contribution in [0.5, 0.6) is 0 Å². The first-order valence-corrected chi connectivity index (χ1v) is 2.79. The zero-order valence-corrected chi connectivity index (χ0v) is 5.68. The molecular formula is C5H6ClNO2. The molecule has 0 saturated heterocycles. The highest BCUT2D eigenvalue weighted by molar-refractivity contribution is 6.63. The quantitative estimate of drug-likeness (QED) is 0.336. The fourth-order valence-electron chi connectivity index (χ4n) is 0.246. The highest BCUT2D eigenvalue weighted by Crippen LogP contribution is 1.99. The molecule has 3 nitrogen and oxygen atoms in total. The zero-order valence-electron chi connectivity index (χ0n) is 4.93. The minimum Gasteiger partial charge on any atom is -0.281 e. The predicted octanol–water partition coefficient (Wildman–Crippen LogP) is 0.724. The van der Waals surface area contributed by atoms with E-state index in [0.29, 0.717) is 0 Å². The molecule has 0 N–H and O–H groups in total. The number of halogens is 1. The number of nitrogens with zero attached hydrogens (tertiary/aromatic N) is 1. The lowest BCUT2D eigenvalue weighted by Crippen LogP contribution is -2.06. The van der Waals surface area contributed by atoms with Crippen LogP contribution in [-0.4, -0.2) is 17.9 Å². The molecule has 0 bridgehead atoms. The average Bonchev–Trinajstić information content (AvgIpc) is 1.82. The Balaban J connectivity index is 3.63. The molecule has 0 amide bonds. The molecule has 0 fully saturated rings. The molecule has 0 aliphatic rings. The van der Waals surface area contributed by atoms with Crippen molar-refractivity contribution in [2.75, 3.05) is 6.54 Å². The maximum absolute atomic E-state index is 10.2. The van der Waals surface area contributed by atoms with Crippen LogP contribution in [0.1, 0.15) is 6.92 Å². The van der Waals surface area contributed by atoms with E-state index >= 15 is 0 Å². The highest BCUT2D eigenvalue weighted by atomic mass is 35.5. The Labute approximate surface area is 57.7 Å². The van der Waals surface area contributed by atoms with Crippen molar-refractivity contribution >= 4 is 22.9 Å². The van der Waals surface area contributed by atoms with Gasteiger partial charge in [-0.05, 0) is 11.6 Å². The number of aliphatic imine (C=N–C) groups is 1. The maximum atomic E-state index is 10.2. The summed E-state index contributed by atoms with van der Waals surface area (Å²) in [4.78, 5) is 22.9. The van der Waals surface area contributed by atoms with Gasteiger partial charge in [0.2, 0.25) is 11.3 Å². The van der Waals surface area contributed by atoms with Crippen LogP contribution < -0.4 is 0 Å². The Morgan fingerprint density at radius 3 is 2.78 bits per heavy atom. The van der Waals surface area contributed by atoms with Crippen molar-refractivity contribution < 1.29 is 9.59 Å². The zero-order chi connectivity index (χ0) is 7.28. The molecule has 0 rings (SSSR count). The molecule has 1 atom stereocenters. The lowest BCUT2D eigenvalue weighted by molar-refractivity contribution is -0.114. The van der Waals surface area contributed by atoms with Crippen LogP contribution in [0.15, 0.2) is 4.99 Å². The summed E-state index contributed by atoms with van der Waals surface area (Å²) in [5.41, 5.74) is 0. The standard InChI is InChI=1S/C5H6ClNO2/c1-4(5(6)9)2-7-3-8/h4H,2H2,1H3. The lowest BCUT2D eigenvalue weighted by Gasteiger charge is -1.95. The third-order valence-electron chi connectivity index (χ3n) is 0.817. The van der Waals surface area contributed by atoms with Crippen LogP contribution in [0.25, 0.3) is 0 Å². The highest BCUT2D eigenvalue weighted by Gasteiger charge is 2.07. The van der Waals surface area contributed by atoms with Crippen molar-refractivity contribution in [3.63, 3.8) is 0 Å². The topological polar surface area (TPSA) is 46.5 Å². The molecule has 0 aliphatic heterocycles. The first-order valence-electron chi connectivity index (χ1n) is 2.41. The van der Waals surface area contributed by atoms with Gasteiger partial charge in [-0.15, -0.1) is 0 Å². The molecule has 0 heterocycles. The third-order valence-corrected chi connectivity index (χ3v) is 1.19. The van der Waals surface area contributed by atoms with Gasteiger partial charge in [-0.3, -0.25) is 4.79 Å². The van der Waals surface area contributed by atoms with Crippen molar-refractivity contribution in [2.24, 2.45) is 10.9 Å². The average molecular weight is 148 g/mol. The number of hydrogen-bond acceptors (Lipinski definition) is 3. The first-order chi connectivity index (χ1) is 4.18. The van der Waals surface area contributed by atoms with Gasteiger partial charge in [0.05, 0.1) is 12.5 Å². The van der Waals surface area contributed by atoms with Crippen molar-refractivity contribution in [2.45, 2.75) is 6.92 Å². The Kier molecular flexibility index (Phi) is 3.93. The number of isocyanates is 1. The fraction of sp³-hybridized carbons (Fsp3) is 0.600. The Hall–Kier alpha value is -0.660. The normalized spacial score (nSPS) is 11.8. The van der Waals surface area contributed by atoms with Crippen LogP contribution in [0, 0.1) is 5.92 Å². The molecule has 0 aromatic heterocycles. The summed E-state index contributed by atoms with van der Waals surface area (Å²) in [6.07, 6.45) is 1.32. The van der Waals surface area contributed by atoms with Gasteiger partial charge in [0, 0.05) is 0 Å². The summed E-state index contributed by atoms with van der Waals surface area (Å²) in [5, 5.41) is -0.478. The molecule has 9 heavy (non-hydrogen) atoms. The first kappa shape index (κ1) is 8.34. The van der Waals surface area contributed by atoms with E-state index in [4.69, 9.17) is 11.6 Å². The second-order valence-electron chi connectivity index (χ2n) is 1.64. The fourth-order valence-corrected chi connectivity index (χ4v) is 0.315. The Morgan fingerprint density at radius 2 is 2.44 bits per heavy atom. The van der Waals surface area contributed by atoms with Crippen LogP contribution >= 0.6 is 11.6 Å². The maximum Gasteiger partial charge on any atom is 0.234 e. The molecule has 4 heteroatoms. The SMILES string of the molecule is CC(CN=C=O)C(=O)Cl. The molecule has 0 spiro atoms. The molecule has 1 unspecified atom stereocenters. The second kappa shape index (κ2) is 4.24. The summed E-state index contributed by atoms with van der Waals surface area (Å²) in [7, 11) is 0. The molecule has 0 aliphatic carbocycles. The summed E-state index contributed by atoms with van der Waals surface area (Å²) < 4.78 is 0. The van der Waals surface area contributed by atoms with E-state index in [1.165, 1.54) is 6.08 Å². The summed E-state index contributed by atoms with van der Waals surface area (Å²) in [5.74, 6) is -0.381. The van der Waals surface area contributed by atoms with Crippen LogP contribution in [-0.2, 0) is 9.59 Å². The summed E-state index contributed by atoms with van der Waals surface area (Å²) >= 11 is 5.04. The molecule has 0 aromatic rings. The van der Waals surface area contributed by atoms with E-state index in [9.17, 15) is 9.59 Å². The number of rotatable bonds is 3. The van der Waals surface area contributed by atoms with E-state index in [1.54, 1.807) is 6.92 Å². The minimum absolute atomic E-state index is 0.131. The van der Waals surface area contributed by atoms with Gasteiger partial charge >= 0.3 is 0 Å².